The standard InChI is InChI=1S/C11H17F2N3O/c1-10(2,14)9-15-8(17-16-9)7-3-5-11(12,13)6-4-7/h7H,3-6,14H2,1-2H3. The molecule has 1 aliphatic rings. The summed E-state index contributed by atoms with van der Waals surface area (Å²) in [7, 11) is 0. The average Bonchev–Trinajstić information content (AvgIpc) is 2.66. The van der Waals surface area contributed by atoms with Crippen LogP contribution in [0.2, 0.25) is 0 Å². The van der Waals surface area contributed by atoms with Crippen molar-refractivity contribution in [3.8, 4) is 0 Å². The monoisotopic (exact) mass is 245 g/mol. The van der Waals surface area contributed by atoms with Crippen molar-refractivity contribution in [3.63, 3.8) is 0 Å². The number of nitrogens with two attached hydrogens (primary N) is 1. The highest BCUT2D eigenvalue weighted by atomic mass is 19.3. The van der Waals surface area contributed by atoms with Gasteiger partial charge in [-0.05, 0) is 26.7 Å². The van der Waals surface area contributed by atoms with E-state index >= 15 is 0 Å². The zero-order valence-electron chi connectivity index (χ0n) is 10.0. The molecule has 1 fully saturated rings. The summed E-state index contributed by atoms with van der Waals surface area (Å²) in [5.41, 5.74) is 5.17. The molecular weight excluding hydrogens is 228 g/mol. The minimum atomic E-state index is -2.54. The number of nitrogens with zero attached hydrogens (tertiary/aromatic N) is 2. The number of alkyl halides is 2. The fourth-order valence-corrected chi connectivity index (χ4v) is 1.95. The predicted octanol–water partition coefficient (Wildman–Crippen LogP) is 2.56. The lowest BCUT2D eigenvalue weighted by molar-refractivity contribution is -0.0402. The zero-order valence-corrected chi connectivity index (χ0v) is 10.0. The molecule has 2 N–H and O–H groups in total. The highest BCUT2D eigenvalue weighted by Crippen LogP contribution is 2.40. The van der Waals surface area contributed by atoms with Crippen molar-refractivity contribution in [2.24, 2.45) is 5.73 Å². The van der Waals surface area contributed by atoms with Gasteiger partial charge in [0.2, 0.25) is 11.8 Å². The summed E-state index contributed by atoms with van der Waals surface area (Å²) in [6.07, 6.45) is 0.558. The minimum absolute atomic E-state index is 0.0572. The highest BCUT2D eigenvalue weighted by molar-refractivity contribution is 5.03. The highest BCUT2D eigenvalue weighted by Gasteiger charge is 2.37. The molecule has 96 valence electrons. The molecular formula is C11H17F2N3O. The third-order valence-electron chi connectivity index (χ3n) is 3.08. The third kappa shape index (κ3) is 2.80. The first-order valence-corrected chi connectivity index (χ1v) is 5.79. The molecule has 0 spiro atoms. The number of aromatic nitrogens is 2. The van der Waals surface area contributed by atoms with Crippen LogP contribution in [0.4, 0.5) is 8.78 Å². The summed E-state index contributed by atoms with van der Waals surface area (Å²) in [6, 6.07) is 0. The number of halogens is 2. The Morgan fingerprint density at radius 2 is 1.94 bits per heavy atom. The van der Waals surface area contributed by atoms with Crippen LogP contribution in [0.1, 0.15) is 57.2 Å². The Hall–Kier alpha value is -1.04. The van der Waals surface area contributed by atoms with Gasteiger partial charge in [0.1, 0.15) is 0 Å². The first kappa shape index (κ1) is 12.4. The number of rotatable bonds is 2. The molecule has 0 aliphatic heterocycles. The second-order valence-corrected chi connectivity index (χ2v) is 5.31. The van der Waals surface area contributed by atoms with Crippen molar-refractivity contribution in [3.05, 3.63) is 11.7 Å². The fourth-order valence-electron chi connectivity index (χ4n) is 1.95. The van der Waals surface area contributed by atoms with E-state index in [0.29, 0.717) is 24.6 Å². The first-order chi connectivity index (χ1) is 7.78. The maximum Gasteiger partial charge on any atom is 0.248 e. The summed E-state index contributed by atoms with van der Waals surface area (Å²) in [5.74, 6) is -1.73. The molecule has 2 rings (SSSR count). The Morgan fingerprint density at radius 3 is 2.41 bits per heavy atom. The number of hydrogen-bond donors (Lipinski definition) is 1. The van der Waals surface area contributed by atoms with Crippen molar-refractivity contribution < 1.29 is 13.3 Å². The van der Waals surface area contributed by atoms with Crippen molar-refractivity contribution in [2.75, 3.05) is 0 Å². The largest absolute Gasteiger partial charge is 0.339 e. The van der Waals surface area contributed by atoms with Gasteiger partial charge in [0.05, 0.1) is 5.54 Å². The maximum absolute atomic E-state index is 13.0. The van der Waals surface area contributed by atoms with E-state index in [1.807, 2.05) is 0 Å². The van der Waals surface area contributed by atoms with Gasteiger partial charge in [0, 0.05) is 18.8 Å². The van der Waals surface area contributed by atoms with E-state index < -0.39 is 11.5 Å². The third-order valence-corrected chi connectivity index (χ3v) is 3.08. The molecule has 1 aromatic rings. The van der Waals surface area contributed by atoms with Crippen molar-refractivity contribution in [1.82, 2.24) is 10.1 Å². The lowest BCUT2D eigenvalue weighted by Crippen LogP contribution is -2.30. The summed E-state index contributed by atoms with van der Waals surface area (Å²) < 4.78 is 31.1. The van der Waals surface area contributed by atoms with E-state index in [4.69, 9.17) is 10.3 Å². The molecule has 4 nitrogen and oxygen atoms in total. The SMILES string of the molecule is CC(C)(N)c1noc(C2CCC(F)(F)CC2)n1. The second kappa shape index (κ2) is 4.01. The van der Waals surface area contributed by atoms with Gasteiger partial charge in [-0.25, -0.2) is 8.78 Å². The average molecular weight is 245 g/mol. The van der Waals surface area contributed by atoms with E-state index in [1.165, 1.54) is 0 Å². The minimum Gasteiger partial charge on any atom is -0.339 e. The lowest BCUT2D eigenvalue weighted by Gasteiger charge is -2.25. The topological polar surface area (TPSA) is 64.9 Å². The first-order valence-electron chi connectivity index (χ1n) is 5.79. The van der Waals surface area contributed by atoms with Gasteiger partial charge in [-0.15, -0.1) is 0 Å². The molecule has 0 amide bonds. The van der Waals surface area contributed by atoms with Gasteiger partial charge in [0.15, 0.2) is 5.82 Å². The summed E-state index contributed by atoms with van der Waals surface area (Å²) in [5, 5.41) is 3.80. The summed E-state index contributed by atoms with van der Waals surface area (Å²) in [6.45, 7) is 3.55. The molecule has 0 unspecified atom stereocenters. The van der Waals surface area contributed by atoms with E-state index in [0.717, 1.165) is 0 Å². The Morgan fingerprint density at radius 1 is 1.35 bits per heavy atom. The molecule has 1 aromatic heterocycles. The molecule has 6 heteroatoms. The van der Waals surface area contributed by atoms with Crippen molar-refractivity contribution in [1.29, 1.82) is 0 Å². The molecule has 0 saturated heterocycles. The molecule has 17 heavy (non-hydrogen) atoms. The fraction of sp³-hybridized carbons (Fsp3) is 0.818. The Labute approximate surface area is 98.6 Å². The van der Waals surface area contributed by atoms with Crippen LogP contribution in [0.25, 0.3) is 0 Å². The van der Waals surface area contributed by atoms with Crippen LogP contribution in [-0.4, -0.2) is 16.1 Å². The van der Waals surface area contributed by atoms with E-state index in [9.17, 15) is 8.78 Å². The van der Waals surface area contributed by atoms with Crippen LogP contribution in [0.15, 0.2) is 4.52 Å². The van der Waals surface area contributed by atoms with Gasteiger partial charge in [-0.3, -0.25) is 0 Å². The Balaban J connectivity index is 2.07. The van der Waals surface area contributed by atoms with Gasteiger partial charge >= 0.3 is 0 Å². The molecule has 0 radical (unpaired) electrons. The summed E-state index contributed by atoms with van der Waals surface area (Å²) in [4.78, 5) is 4.21. The van der Waals surface area contributed by atoms with Crippen LogP contribution in [0, 0.1) is 0 Å². The predicted molar refractivity (Wildman–Crippen MR) is 57.7 cm³/mol. The normalized spacial score (nSPS) is 21.7. The van der Waals surface area contributed by atoms with Crippen LogP contribution in [0.3, 0.4) is 0 Å². The molecule has 0 aromatic carbocycles. The smallest absolute Gasteiger partial charge is 0.248 e. The van der Waals surface area contributed by atoms with Gasteiger partial charge in [0.25, 0.3) is 0 Å². The van der Waals surface area contributed by atoms with Gasteiger partial charge in [-0.2, -0.15) is 4.98 Å². The molecule has 1 saturated carbocycles. The van der Waals surface area contributed by atoms with E-state index in [2.05, 4.69) is 10.1 Å². The van der Waals surface area contributed by atoms with E-state index in [-0.39, 0.29) is 18.8 Å². The maximum atomic E-state index is 13.0. The number of hydrogen-bond acceptors (Lipinski definition) is 4. The van der Waals surface area contributed by atoms with Gasteiger partial charge in [-0.1, -0.05) is 5.16 Å². The second-order valence-electron chi connectivity index (χ2n) is 5.31. The van der Waals surface area contributed by atoms with Crippen LogP contribution in [0.5, 0.6) is 0 Å². The van der Waals surface area contributed by atoms with Gasteiger partial charge < -0.3 is 10.3 Å². The van der Waals surface area contributed by atoms with Crippen LogP contribution >= 0.6 is 0 Å². The Kier molecular flexibility index (Phi) is 2.93. The quantitative estimate of drug-likeness (QED) is 0.869. The van der Waals surface area contributed by atoms with Crippen molar-refractivity contribution in [2.45, 2.75) is 56.9 Å². The molecule has 1 heterocycles. The lowest BCUT2D eigenvalue weighted by atomic mass is 9.87. The van der Waals surface area contributed by atoms with Crippen molar-refractivity contribution >= 4 is 0 Å². The van der Waals surface area contributed by atoms with Crippen LogP contribution in [-0.2, 0) is 5.54 Å². The van der Waals surface area contributed by atoms with Crippen LogP contribution < -0.4 is 5.73 Å². The molecule has 1 aliphatic carbocycles. The van der Waals surface area contributed by atoms with E-state index in [1.54, 1.807) is 13.8 Å². The summed E-state index contributed by atoms with van der Waals surface area (Å²) >= 11 is 0. The molecule has 0 bridgehead atoms. The Bertz CT molecular complexity index is 388. The zero-order chi connectivity index (χ0) is 12.7. The molecule has 0 atom stereocenters.